The maximum absolute atomic E-state index is 12.4. The number of carbonyl (C=O) groups excluding carboxylic acids is 1. The molecule has 0 aliphatic rings. The van der Waals surface area contributed by atoms with Crippen LogP contribution in [0.2, 0.25) is 10.0 Å². The van der Waals surface area contributed by atoms with Gasteiger partial charge in [-0.2, -0.15) is 0 Å². The smallest absolute Gasteiger partial charge is 0.277 e. The summed E-state index contributed by atoms with van der Waals surface area (Å²) in [6.07, 6.45) is 0. The number of halogens is 2. The van der Waals surface area contributed by atoms with Gasteiger partial charge in [-0.1, -0.05) is 28.4 Å². The standard InChI is InChI=1S/C18H14Cl2N2O4/c1-24-15-6-4-11(8-17(15)25-2)21-18(23)14-9-16(26-22-14)10-3-5-12(19)13(20)7-10/h3-9H,1-2H3,(H,21,23). The van der Waals surface area contributed by atoms with Gasteiger partial charge in [0.2, 0.25) is 0 Å². The van der Waals surface area contributed by atoms with Crippen molar-refractivity contribution in [1.82, 2.24) is 5.16 Å². The first-order chi connectivity index (χ1) is 12.5. The number of methoxy groups -OCH3 is 2. The summed E-state index contributed by atoms with van der Waals surface area (Å²) in [6, 6.07) is 11.6. The predicted molar refractivity (Wildman–Crippen MR) is 99.5 cm³/mol. The number of ether oxygens (including phenoxy) is 2. The predicted octanol–water partition coefficient (Wildman–Crippen LogP) is 4.92. The van der Waals surface area contributed by atoms with Gasteiger partial charge in [-0.15, -0.1) is 0 Å². The molecule has 0 spiro atoms. The van der Waals surface area contributed by atoms with Gasteiger partial charge in [-0.3, -0.25) is 4.79 Å². The molecule has 1 aromatic heterocycles. The Balaban J connectivity index is 1.79. The molecule has 1 heterocycles. The summed E-state index contributed by atoms with van der Waals surface area (Å²) in [4.78, 5) is 12.4. The molecule has 0 bridgehead atoms. The van der Waals surface area contributed by atoms with Crippen LogP contribution in [0.3, 0.4) is 0 Å². The number of carbonyl (C=O) groups is 1. The molecule has 26 heavy (non-hydrogen) atoms. The summed E-state index contributed by atoms with van der Waals surface area (Å²) in [6.45, 7) is 0. The first-order valence-electron chi connectivity index (χ1n) is 7.47. The fourth-order valence-electron chi connectivity index (χ4n) is 2.28. The molecule has 0 saturated carbocycles. The molecule has 8 heteroatoms. The molecule has 3 rings (SSSR count). The molecule has 2 aromatic carbocycles. The summed E-state index contributed by atoms with van der Waals surface area (Å²) < 4.78 is 15.6. The highest BCUT2D eigenvalue weighted by Crippen LogP contribution is 2.31. The van der Waals surface area contributed by atoms with Crippen LogP contribution in [0.5, 0.6) is 11.5 Å². The zero-order valence-electron chi connectivity index (χ0n) is 13.9. The van der Waals surface area contributed by atoms with E-state index in [2.05, 4.69) is 10.5 Å². The number of aromatic nitrogens is 1. The Bertz CT molecular complexity index is 956. The zero-order valence-corrected chi connectivity index (χ0v) is 15.4. The van der Waals surface area contributed by atoms with E-state index in [4.69, 9.17) is 37.2 Å². The van der Waals surface area contributed by atoms with E-state index >= 15 is 0 Å². The summed E-state index contributed by atoms with van der Waals surface area (Å²) in [5, 5.41) is 7.34. The average molecular weight is 393 g/mol. The van der Waals surface area contributed by atoms with Gasteiger partial charge in [0, 0.05) is 23.4 Å². The van der Waals surface area contributed by atoms with E-state index in [-0.39, 0.29) is 5.69 Å². The minimum atomic E-state index is -0.424. The van der Waals surface area contributed by atoms with Crippen molar-refractivity contribution < 1.29 is 18.8 Å². The van der Waals surface area contributed by atoms with Crippen molar-refractivity contribution in [2.75, 3.05) is 19.5 Å². The molecule has 134 valence electrons. The van der Waals surface area contributed by atoms with Crippen LogP contribution >= 0.6 is 23.2 Å². The van der Waals surface area contributed by atoms with Crippen molar-refractivity contribution >= 4 is 34.8 Å². The Morgan fingerprint density at radius 2 is 1.77 bits per heavy atom. The Morgan fingerprint density at radius 3 is 2.46 bits per heavy atom. The van der Waals surface area contributed by atoms with E-state index in [0.717, 1.165) is 0 Å². The number of anilines is 1. The summed E-state index contributed by atoms with van der Waals surface area (Å²) >= 11 is 11.9. The highest BCUT2D eigenvalue weighted by molar-refractivity contribution is 6.42. The SMILES string of the molecule is COc1ccc(NC(=O)c2cc(-c3ccc(Cl)c(Cl)c3)on2)cc1OC. The van der Waals surface area contributed by atoms with Crippen LogP contribution in [0.4, 0.5) is 5.69 Å². The molecule has 6 nitrogen and oxygen atoms in total. The second kappa shape index (κ2) is 7.68. The summed E-state index contributed by atoms with van der Waals surface area (Å²) in [5.74, 6) is 1.05. The van der Waals surface area contributed by atoms with E-state index < -0.39 is 5.91 Å². The lowest BCUT2D eigenvalue weighted by Gasteiger charge is -2.09. The van der Waals surface area contributed by atoms with Crippen LogP contribution in [0.15, 0.2) is 47.0 Å². The van der Waals surface area contributed by atoms with E-state index in [1.807, 2.05) is 0 Å². The molecule has 0 unspecified atom stereocenters. The number of nitrogens with one attached hydrogen (secondary N) is 1. The first-order valence-corrected chi connectivity index (χ1v) is 8.23. The molecular formula is C18H14Cl2N2O4. The van der Waals surface area contributed by atoms with Crippen molar-refractivity contribution in [2.45, 2.75) is 0 Å². The molecule has 0 fully saturated rings. The minimum Gasteiger partial charge on any atom is -0.493 e. The number of hydrogen-bond donors (Lipinski definition) is 1. The molecule has 0 aliphatic heterocycles. The second-order valence-corrected chi connectivity index (χ2v) is 6.04. The monoisotopic (exact) mass is 392 g/mol. The van der Waals surface area contributed by atoms with Gasteiger partial charge in [0.1, 0.15) is 0 Å². The number of nitrogens with zero attached hydrogens (tertiary/aromatic N) is 1. The van der Waals surface area contributed by atoms with E-state index in [1.165, 1.54) is 20.3 Å². The van der Waals surface area contributed by atoms with Crippen molar-refractivity contribution in [3.63, 3.8) is 0 Å². The normalized spacial score (nSPS) is 10.5. The summed E-state index contributed by atoms with van der Waals surface area (Å²) in [7, 11) is 3.06. The maximum Gasteiger partial charge on any atom is 0.277 e. The van der Waals surface area contributed by atoms with Gasteiger partial charge in [0.25, 0.3) is 5.91 Å². The third-order valence-electron chi connectivity index (χ3n) is 3.59. The van der Waals surface area contributed by atoms with Crippen molar-refractivity contribution in [2.24, 2.45) is 0 Å². The zero-order chi connectivity index (χ0) is 18.7. The lowest BCUT2D eigenvalue weighted by molar-refractivity contribution is 0.101. The molecule has 1 N–H and O–H groups in total. The molecule has 0 saturated heterocycles. The van der Waals surface area contributed by atoms with Crippen LogP contribution in [0, 0.1) is 0 Å². The Morgan fingerprint density at radius 1 is 1.00 bits per heavy atom. The van der Waals surface area contributed by atoms with Crippen LogP contribution < -0.4 is 14.8 Å². The van der Waals surface area contributed by atoms with Gasteiger partial charge >= 0.3 is 0 Å². The first kappa shape index (κ1) is 18.1. The lowest BCUT2D eigenvalue weighted by atomic mass is 10.1. The van der Waals surface area contributed by atoms with Crippen LogP contribution in [-0.4, -0.2) is 25.3 Å². The average Bonchev–Trinajstić information content (AvgIpc) is 3.14. The highest BCUT2D eigenvalue weighted by Gasteiger charge is 2.15. The van der Waals surface area contributed by atoms with Crippen LogP contribution in [-0.2, 0) is 0 Å². The Kier molecular flexibility index (Phi) is 5.35. The van der Waals surface area contributed by atoms with Crippen molar-refractivity contribution in [1.29, 1.82) is 0 Å². The number of rotatable bonds is 5. The van der Waals surface area contributed by atoms with Gasteiger partial charge in [-0.05, 0) is 30.3 Å². The van der Waals surface area contributed by atoms with Gasteiger partial charge in [0.05, 0.1) is 24.3 Å². The van der Waals surface area contributed by atoms with Gasteiger partial charge in [0.15, 0.2) is 23.0 Å². The van der Waals surface area contributed by atoms with E-state index in [0.29, 0.717) is 38.6 Å². The molecular weight excluding hydrogens is 379 g/mol. The van der Waals surface area contributed by atoms with E-state index in [9.17, 15) is 4.79 Å². The minimum absolute atomic E-state index is 0.126. The number of amides is 1. The molecule has 0 aliphatic carbocycles. The number of benzene rings is 2. The quantitative estimate of drug-likeness (QED) is 0.666. The third kappa shape index (κ3) is 3.76. The largest absolute Gasteiger partial charge is 0.493 e. The molecule has 3 aromatic rings. The Hall–Kier alpha value is -2.70. The molecule has 1 amide bonds. The molecule has 0 radical (unpaired) electrons. The Labute approximate surface area is 159 Å². The van der Waals surface area contributed by atoms with Gasteiger partial charge < -0.3 is 19.3 Å². The number of hydrogen-bond acceptors (Lipinski definition) is 5. The highest BCUT2D eigenvalue weighted by atomic mass is 35.5. The van der Waals surface area contributed by atoms with E-state index in [1.54, 1.807) is 36.4 Å². The maximum atomic E-state index is 12.4. The van der Waals surface area contributed by atoms with Crippen LogP contribution in [0.1, 0.15) is 10.5 Å². The van der Waals surface area contributed by atoms with Crippen LogP contribution in [0.25, 0.3) is 11.3 Å². The third-order valence-corrected chi connectivity index (χ3v) is 4.33. The van der Waals surface area contributed by atoms with Crippen molar-refractivity contribution in [3.8, 4) is 22.8 Å². The summed E-state index contributed by atoms with van der Waals surface area (Å²) in [5.41, 5.74) is 1.32. The molecule has 0 atom stereocenters. The van der Waals surface area contributed by atoms with Crippen molar-refractivity contribution in [3.05, 3.63) is 58.2 Å². The second-order valence-electron chi connectivity index (χ2n) is 5.23. The van der Waals surface area contributed by atoms with Gasteiger partial charge in [-0.25, -0.2) is 0 Å². The fourth-order valence-corrected chi connectivity index (χ4v) is 2.57. The fraction of sp³-hybridized carbons (Fsp3) is 0.111. The lowest BCUT2D eigenvalue weighted by Crippen LogP contribution is -2.12. The topological polar surface area (TPSA) is 73.6 Å².